The number of imidazole rings is 1. The first-order valence-corrected chi connectivity index (χ1v) is 6.49. The quantitative estimate of drug-likeness (QED) is 0.378. The van der Waals surface area contributed by atoms with Crippen LogP contribution in [0.2, 0.25) is 5.15 Å². The molecule has 0 atom stereocenters. The molecular formula is C12H12ClN5O3. The van der Waals surface area contributed by atoms with Crippen molar-refractivity contribution in [3.63, 3.8) is 0 Å². The average Bonchev–Trinajstić information content (AvgIpc) is 2.96. The van der Waals surface area contributed by atoms with Gasteiger partial charge in [0.05, 0.1) is 11.3 Å². The topological polar surface area (TPSA) is 103 Å². The lowest BCUT2D eigenvalue weighted by molar-refractivity contribution is -0.385. The zero-order valence-electron chi connectivity index (χ0n) is 10.9. The Balaban J connectivity index is 1.93. The van der Waals surface area contributed by atoms with Crippen LogP contribution in [-0.4, -0.2) is 31.9 Å². The fourth-order valence-corrected chi connectivity index (χ4v) is 1.89. The first-order chi connectivity index (χ1) is 10.1. The molecule has 0 aliphatic rings. The highest BCUT2D eigenvalue weighted by molar-refractivity contribution is 6.29. The van der Waals surface area contributed by atoms with Crippen LogP contribution in [-0.2, 0) is 6.54 Å². The molecule has 0 unspecified atom stereocenters. The molecule has 8 nitrogen and oxygen atoms in total. The van der Waals surface area contributed by atoms with Crippen LogP contribution in [0.3, 0.4) is 0 Å². The van der Waals surface area contributed by atoms with Gasteiger partial charge in [-0.3, -0.25) is 14.9 Å². The molecule has 110 valence electrons. The van der Waals surface area contributed by atoms with Gasteiger partial charge in [-0.1, -0.05) is 11.6 Å². The van der Waals surface area contributed by atoms with Crippen LogP contribution in [0.25, 0.3) is 0 Å². The van der Waals surface area contributed by atoms with Crippen LogP contribution in [0.1, 0.15) is 16.8 Å². The van der Waals surface area contributed by atoms with E-state index in [4.69, 9.17) is 11.6 Å². The highest BCUT2D eigenvalue weighted by Crippen LogP contribution is 2.20. The molecule has 9 heteroatoms. The van der Waals surface area contributed by atoms with Crippen LogP contribution >= 0.6 is 11.6 Å². The molecule has 2 aromatic rings. The Labute approximate surface area is 124 Å². The maximum atomic E-state index is 12.0. The monoisotopic (exact) mass is 309 g/mol. The van der Waals surface area contributed by atoms with Crippen LogP contribution in [0, 0.1) is 10.1 Å². The van der Waals surface area contributed by atoms with Crippen molar-refractivity contribution in [2.24, 2.45) is 0 Å². The lowest BCUT2D eigenvalue weighted by atomic mass is 10.2. The molecule has 2 rings (SSSR count). The third-order valence-electron chi connectivity index (χ3n) is 2.73. The number of pyridine rings is 1. The highest BCUT2D eigenvalue weighted by atomic mass is 35.5. The fourth-order valence-electron chi connectivity index (χ4n) is 1.73. The van der Waals surface area contributed by atoms with Crippen LogP contribution in [0.5, 0.6) is 0 Å². The van der Waals surface area contributed by atoms with Gasteiger partial charge in [0, 0.05) is 25.5 Å². The molecule has 0 aliphatic carbocycles. The molecule has 1 N–H and O–H groups in total. The summed E-state index contributed by atoms with van der Waals surface area (Å²) in [6.07, 6.45) is 6.81. The number of aryl methyl sites for hydroxylation is 1. The van der Waals surface area contributed by atoms with Gasteiger partial charge in [-0.2, -0.15) is 0 Å². The van der Waals surface area contributed by atoms with E-state index in [1.807, 2.05) is 10.8 Å². The van der Waals surface area contributed by atoms with Gasteiger partial charge in [0.25, 0.3) is 11.6 Å². The summed E-state index contributed by atoms with van der Waals surface area (Å²) < 4.78 is 1.87. The molecule has 2 aromatic heterocycles. The molecule has 0 bridgehead atoms. The van der Waals surface area contributed by atoms with E-state index in [1.54, 1.807) is 12.5 Å². The van der Waals surface area contributed by atoms with E-state index >= 15 is 0 Å². The molecular weight excluding hydrogens is 298 g/mol. The van der Waals surface area contributed by atoms with E-state index in [1.165, 1.54) is 6.07 Å². The van der Waals surface area contributed by atoms with Crippen molar-refractivity contribution in [2.45, 2.75) is 13.0 Å². The summed E-state index contributed by atoms with van der Waals surface area (Å²) in [5, 5.41) is 13.5. The summed E-state index contributed by atoms with van der Waals surface area (Å²) in [6.45, 7) is 1.08. The second kappa shape index (κ2) is 6.80. The second-order valence-electron chi connectivity index (χ2n) is 4.19. The van der Waals surface area contributed by atoms with Gasteiger partial charge in [0.2, 0.25) is 0 Å². The number of amides is 1. The van der Waals surface area contributed by atoms with Gasteiger partial charge in [-0.15, -0.1) is 0 Å². The van der Waals surface area contributed by atoms with Crippen molar-refractivity contribution in [1.82, 2.24) is 19.9 Å². The molecule has 0 saturated carbocycles. The Morgan fingerprint density at radius 1 is 1.52 bits per heavy atom. The zero-order valence-corrected chi connectivity index (χ0v) is 11.7. The molecule has 0 spiro atoms. The van der Waals surface area contributed by atoms with E-state index in [0.29, 0.717) is 19.5 Å². The van der Waals surface area contributed by atoms with Crippen LogP contribution < -0.4 is 5.32 Å². The minimum Gasteiger partial charge on any atom is -0.352 e. The minimum absolute atomic E-state index is 0.0316. The fraction of sp³-hybridized carbons (Fsp3) is 0.250. The van der Waals surface area contributed by atoms with Crippen molar-refractivity contribution < 1.29 is 9.72 Å². The lowest BCUT2D eigenvalue weighted by Crippen LogP contribution is -2.26. The van der Waals surface area contributed by atoms with E-state index in [0.717, 1.165) is 6.20 Å². The Hall–Kier alpha value is -2.48. The maximum Gasteiger partial charge on any atom is 0.300 e. The molecule has 2 heterocycles. The summed E-state index contributed by atoms with van der Waals surface area (Å²) in [7, 11) is 0. The zero-order chi connectivity index (χ0) is 15.2. The summed E-state index contributed by atoms with van der Waals surface area (Å²) in [5.74, 6) is -0.545. The van der Waals surface area contributed by atoms with Crippen LogP contribution in [0.4, 0.5) is 5.69 Å². The molecule has 21 heavy (non-hydrogen) atoms. The molecule has 0 aromatic carbocycles. The summed E-state index contributed by atoms with van der Waals surface area (Å²) in [5.41, 5.74) is -0.464. The van der Waals surface area contributed by atoms with Crippen molar-refractivity contribution in [3.05, 3.63) is 51.8 Å². The Bertz CT molecular complexity index is 644. The van der Waals surface area contributed by atoms with E-state index in [-0.39, 0.29) is 16.4 Å². The number of nitrogens with one attached hydrogen (secondary N) is 1. The van der Waals surface area contributed by atoms with E-state index in [9.17, 15) is 14.9 Å². The number of hydrogen-bond donors (Lipinski definition) is 1. The predicted molar refractivity (Wildman–Crippen MR) is 75.1 cm³/mol. The molecule has 1 amide bonds. The minimum atomic E-state index is -0.663. The average molecular weight is 310 g/mol. The van der Waals surface area contributed by atoms with Gasteiger partial charge in [-0.25, -0.2) is 9.97 Å². The third kappa shape index (κ3) is 3.99. The van der Waals surface area contributed by atoms with E-state index < -0.39 is 10.8 Å². The predicted octanol–water partition coefficient (Wildman–Crippen LogP) is 1.66. The number of nitro groups is 1. The number of halogens is 1. The molecule has 0 saturated heterocycles. The summed E-state index contributed by atoms with van der Waals surface area (Å²) in [6, 6.07) is 1.19. The van der Waals surface area contributed by atoms with Crippen molar-refractivity contribution in [3.8, 4) is 0 Å². The number of carbonyl (C=O) groups excluding carboxylic acids is 1. The largest absolute Gasteiger partial charge is 0.352 e. The molecule has 0 aliphatic heterocycles. The first kappa shape index (κ1) is 14.9. The number of carbonyl (C=O) groups is 1. The maximum absolute atomic E-state index is 12.0. The smallest absolute Gasteiger partial charge is 0.300 e. The normalized spacial score (nSPS) is 10.3. The second-order valence-corrected chi connectivity index (χ2v) is 4.58. The van der Waals surface area contributed by atoms with Gasteiger partial charge >= 0.3 is 0 Å². The van der Waals surface area contributed by atoms with Crippen molar-refractivity contribution >= 4 is 23.2 Å². The Morgan fingerprint density at radius 2 is 2.33 bits per heavy atom. The Morgan fingerprint density at radius 3 is 3.00 bits per heavy atom. The number of hydrogen-bond acceptors (Lipinski definition) is 5. The lowest BCUT2D eigenvalue weighted by Gasteiger charge is -2.06. The van der Waals surface area contributed by atoms with Crippen molar-refractivity contribution in [1.29, 1.82) is 0 Å². The van der Waals surface area contributed by atoms with Gasteiger partial charge in [0.1, 0.15) is 16.9 Å². The van der Waals surface area contributed by atoms with Gasteiger partial charge < -0.3 is 9.88 Å². The molecule has 0 radical (unpaired) electrons. The Kier molecular flexibility index (Phi) is 4.83. The third-order valence-corrected chi connectivity index (χ3v) is 2.94. The standard InChI is InChI=1S/C12H12ClN5O3/c13-11-6-9(10(7-16-11)18(20)21)12(19)15-2-1-4-17-5-3-14-8-17/h3,5-8H,1-2,4H2,(H,15,19). The number of rotatable bonds is 6. The summed E-state index contributed by atoms with van der Waals surface area (Å²) >= 11 is 5.67. The van der Waals surface area contributed by atoms with Gasteiger partial charge in [0.15, 0.2) is 0 Å². The SMILES string of the molecule is O=C(NCCCn1ccnc1)c1cc(Cl)ncc1[N+](=O)[O-]. The van der Waals surface area contributed by atoms with Crippen LogP contribution in [0.15, 0.2) is 31.0 Å². The summed E-state index contributed by atoms with van der Waals surface area (Å²) in [4.78, 5) is 29.7. The first-order valence-electron chi connectivity index (χ1n) is 6.12. The molecule has 0 fully saturated rings. The van der Waals surface area contributed by atoms with E-state index in [2.05, 4.69) is 15.3 Å². The van der Waals surface area contributed by atoms with Gasteiger partial charge in [-0.05, 0) is 12.5 Å². The number of nitrogens with zero attached hydrogens (tertiary/aromatic N) is 4. The van der Waals surface area contributed by atoms with Crippen molar-refractivity contribution in [2.75, 3.05) is 6.54 Å². The highest BCUT2D eigenvalue weighted by Gasteiger charge is 2.20. The number of aromatic nitrogens is 3.